The van der Waals surface area contributed by atoms with E-state index in [0.717, 1.165) is 29.9 Å². The monoisotopic (exact) mass is 583 g/mol. The zero-order valence-electron chi connectivity index (χ0n) is 26.3. The van der Waals surface area contributed by atoms with E-state index in [0.29, 0.717) is 31.0 Å². The van der Waals surface area contributed by atoms with Crippen LogP contribution in [0.1, 0.15) is 98.5 Å². The second-order valence-electron chi connectivity index (χ2n) is 13.5. The molecule has 1 N–H and O–H groups in total. The third kappa shape index (κ3) is 7.01. The Hall–Kier alpha value is -3.51. The molecule has 228 valence electrons. The second kappa shape index (κ2) is 13.0. The Kier molecular flexibility index (Phi) is 9.36. The summed E-state index contributed by atoms with van der Waals surface area (Å²) >= 11 is 0. The van der Waals surface area contributed by atoms with E-state index in [2.05, 4.69) is 68.2 Å². The predicted octanol–water partition coefficient (Wildman–Crippen LogP) is 8.04. The maximum absolute atomic E-state index is 15.0. The van der Waals surface area contributed by atoms with E-state index < -0.39 is 17.8 Å². The molecule has 0 unspecified atom stereocenters. The third-order valence-electron chi connectivity index (χ3n) is 9.31. The van der Waals surface area contributed by atoms with E-state index in [-0.39, 0.29) is 22.8 Å². The summed E-state index contributed by atoms with van der Waals surface area (Å²) in [4.78, 5) is 32.3. The summed E-state index contributed by atoms with van der Waals surface area (Å²) in [6.07, 6.45) is 5.05. The Labute approximate surface area is 256 Å². The lowest BCUT2D eigenvalue weighted by atomic mass is 9.82. The molecule has 2 aliphatic rings. The van der Waals surface area contributed by atoms with Gasteiger partial charge in [0.25, 0.3) is 5.91 Å². The van der Waals surface area contributed by atoms with Crippen LogP contribution in [0.5, 0.6) is 0 Å². The highest BCUT2D eigenvalue weighted by Crippen LogP contribution is 2.39. The lowest BCUT2D eigenvalue weighted by Crippen LogP contribution is -2.46. The van der Waals surface area contributed by atoms with Gasteiger partial charge in [-0.3, -0.25) is 14.5 Å². The lowest BCUT2D eigenvalue weighted by molar-refractivity contribution is -0.123. The second-order valence-corrected chi connectivity index (χ2v) is 13.5. The van der Waals surface area contributed by atoms with E-state index in [1.54, 1.807) is 24.0 Å². The van der Waals surface area contributed by atoms with E-state index in [1.165, 1.54) is 30.9 Å². The summed E-state index contributed by atoms with van der Waals surface area (Å²) in [7, 11) is 0. The number of carbonyl (C=O) groups excluding carboxylic acids is 2. The van der Waals surface area contributed by atoms with Crippen molar-refractivity contribution in [1.82, 2.24) is 9.80 Å². The van der Waals surface area contributed by atoms with Crippen LogP contribution >= 0.6 is 0 Å². The van der Waals surface area contributed by atoms with Gasteiger partial charge in [0.05, 0.1) is 17.5 Å². The molecule has 0 saturated carbocycles. The van der Waals surface area contributed by atoms with Crippen molar-refractivity contribution in [2.24, 2.45) is 5.92 Å². The fourth-order valence-corrected chi connectivity index (χ4v) is 6.70. The number of piperidine rings is 2. The van der Waals surface area contributed by atoms with Crippen molar-refractivity contribution in [2.75, 3.05) is 18.4 Å². The number of amides is 2. The van der Waals surface area contributed by atoms with E-state index in [9.17, 15) is 9.59 Å². The van der Waals surface area contributed by atoms with Gasteiger partial charge in [-0.15, -0.1) is 0 Å². The first-order chi connectivity index (χ1) is 20.5. The molecule has 5 nitrogen and oxygen atoms in total. The van der Waals surface area contributed by atoms with Crippen molar-refractivity contribution in [3.05, 3.63) is 100 Å². The van der Waals surface area contributed by atoms with E-state index in [1.807, 2.05) is 18.2 Å². The molecule has 0 bridgehead atoms. The SMILES string of the molecule is Cc1cccc(F)c1C(=O)N1CCC[C@H](C(=O)Nc2cccc(C(C)(C)C)c2)[C@@H]1c1ccc(CN2CCCC[C@@H]2C)cc1. The van der Waals surface area contributed by atoms with Crippen molar-refractivity contribution in [3.63, 3.8) is 0 Å². The molecule has 0 aliphatic carbocycles. The molecule has 43 heavy (non-hydrogen) atoms. The van der Waals surface area contributed by atoms with Crippen LogP contribution in [0.2, 0.25) is 0 Å². The number of likely N-dealkylation sites (tertiary alicyclic amines) is 2. The van der Waals surface area contributed by atoms with Crippen molar-refractivity contribution in [2.45, 2.75) is 90.8 Å². The van der Waals surface area contributed by atoms with Gasteiger partial charge in [0.2, 0.25) is 5.91 Å². The van der Waals surface area contributed by atoms with Gasteiger partial charge in [-0.05, 0) is 91.9 Å². The number of benzene rings is 3. The van der Waals surface area contributed by atoms with Crippen molar-refractivity contribution < 1.29 is 14.0 Å². The molecule has 6 heteroatoms. The number of nitrogens with one attached hydrogen (secondary N) is 1. The van der Waals surface area contributed by atoms with Crippen LogP contribution < -0.4 is 5.32 Å². The minimum absolute atomic E-state index is 0.0529. The molecule has 0 aromatic heterocycles. The Morgan fingerprint density at radius 3 is 2.37 bits per heavy atom. The molecule has 2 heterocycles. The summed E-state index contributed by atoms with van der Waals surface area (Å²) < 4.78 is 15.0. The van der Waals surface area contributed by atoms with Gasteiger partial charge in [-0.25, -0.2) is 4.39 Å². The first-order valence-corrected chi connectivity index (χ1v) is 15.8. The Morgan fingerprint density at radius 1 is 0.930 bits per heavy atom. The summed E-state index contributed by atoms with van der Waals surface area (Å²) in [5.74, 6) is -1.49. The van der Waals surface area contributed by atoms with Gasteiger partial charge in [0.15, 0.2) is 0 Å². The van der Waals surface area contributed by atoms with Crippen molar-refractivity contribution >= 4 is 17.5 Å². The highest BCUT2D eigenvalue weighted by Gasteiger charge is 2.40. The molecule has 3 aromatic rings. The molecule has 2 saturated heterocycles. The molecular weight excluding hydrogens is 537 g/mol. The normalized spacial score (nSPS) is 21.4. The average molecular weight is 584 g/mol. The van der Waals surface area contributed by atoms with Crippen LogP contribution in [0.4, 0.5) is 10.1 Å². The largest absolute Gasteiger partial charge is 0.331 e. The predicted molar refractivity (Wildman–Crippen MR) is 172 cm³/mol. The molecule has 2 aliphatic heterocycles. The first-order valence-electron chi connectivity index (χ1n) is 15.8. The first kappa shape index (κ1) is 30.9. The van der Waals surface area contributed by atoms with Crippen LogP contribution in [-0.2, 0) is 16.8 Å². The third-order valence-corrected chi connectivity index (χ3v) is 9.31. The van der Waals surface area contributed by atoms with Gasteiger partial charge >= 0.3 is 0 Å². The van der Waals surface area contributed by atoms with Gasteiger partial charge in [-0.2, -0.15) is 0 Å². The van der Waals surface area contributed by atoms with Crippen LogP contribution in [0.25, 0.3) is 0 Å². The van der Waals surface area contributed by atoms with Gasteiger partial charge in [0.1, 0.15) is 5.82 Å². The minimum Gasteiger partial charge on any atom is -0.331 e. The standard InChI is InChI=1S/C37H46FN3O2/c1-25-11-8-16-32(38)33(25)36(43)41-22-10-15-31(35(42)39-30-14-9-13-29(23-30)37(3,4)5)34(41)28-19-17-27(18-20-28)24-40-21-7-6-12-26(40)2/h8-9,11,13-14,16-20,23,26,31,34H,6-7,10,12,15,21-22,24H2,1-5H3,(H,39,42)/t26-,31-,34-/m0/s1. The fourth-order valence-electron chi connectivity index (χ4n) is 6.70. The summed E-state index contributed by atoms with van der Waals surface area (Å²) in [6.45, 7) is 13.0. The molecule has 3 aromatic carbocycles. The highest BCUT2D eigenvalue weighted by atomic mass is 19.1. The topological polar surface area (TPSA) is 52.7 Å². The van der Waals surface area contributed by atoms with E-state index in [4.69, 9.17) is 0 Å². The molecule has 5 rings (SSSR count). The quantitative estimate of drug-likeness (QED) is 0.320. The van der Waals surface area contributed by atoms with Crippen LogP contribution in [0.15, 0.2) is 66.7 Å². The van der Waals surface area contributed by atoms with Crippen LogP contribution in [0, 0.1) is 18.7 Å². The zero-order chi connectivity index (χ0) is 30.7. The van der Waals surface area contributed by atoms with Gasteiger partial charge < -0.3 is 10.2 Å². The van der Waals surface area contributed by atoms with Crippen LogP contribution in [-0.4, -0.2) is 40.7 Å². The Balaban J connectivity index is 1.46. The van der Waals surface area contributed by atoms with E-state index >= 15 is 4.39 Å². The molecule has 2 amide bonds. The molecule has 0 spiro atoms. The van der Waals surface area contributed by atoms with Crippen molar-refractivity contribution in [1.29, 1.82) is 0 Å². The number of rotatable bonds is 6. The van der Waals surface area contributed by atoms with Gasteiger partial charge in [0, 0.05) is 24.8 Å². The average Bonchev–Trinajstić information content (AvgIpc) is 2.98. The van der Waals surface area contributed by atoms with Crippen molar-refractivity contribution in [3.8, 4) is 0 Å². The minimum atomic E-state index is -0.527. The summed E-state index contributed by atoms with van der Waals surface area (Å²) in [6, 6.07) is 21.1. The maximum atomic E-state index is 15.0. The highest BCUT2D eigenvalue weighted by molar-refractivity contribution is 5.98. The number of carbonyl (C=O) groups is 2. The fraction of sp³-hybridized carbons (Fsp3) is 0.459. The molecule has 0 radical (unpaired) electrons. The number of aryl methyl sites for hydroxylation is 1. The zero-order valence-corrected chi connectivity index (χ0v) is 26.3. The maximum Gasteiger partial charge on any atom is 0.257 e. The van der Waals surface area contributed by atoms with Crippen LogP contribution in [0.3, 0.4) is 0 Å². The molecule has 2 fully saturated rings. The Morgan fingerprint density at radius 2 is 1.67 bits per heavy atom. The number of halogens is 1. The lowest BCUT2D eigenvalue weighted by Gasteiger charge is -2.41. The number of nitrogens with zero attached hydrogens (tertiary/aromatic N) is 2. The summed E-state index contributed by atoms with van der Waals surface area (Å²) in [5, 5.41) is 3.16. The number of hydrogen-bond acceptors (Lipinski definition) is 3. The smallest absolute Gasteiger partial charge is 0.257 e. The molecular formula is C37H46FN3O2. The Bertz CT molecular complexity index is 1420. The molecule has 3 atom stereocenters. The number of anilines is 1. The summed E-state index contributed by atoms with van der Waals surface area (Å²) in [5.41, 5.74) is 4.63. The number of hydrogen-bond donors (Lipinski definition) is 1. The van der Waals surface area contributed by atoms with Gasteiger partial charge in [-0.1, -0.05) is 75.7 Å².